The zero-order valence-corrected chi connectivity index (χ0v) is 17.1. The molecule has 8 heteroatoms. The van der Waals surface area contributed by atoms with E-state index in [0.717, 1.165) is 16.8 Å². The van der Waals surface area contributed by atoms with E-state index in [1.807, 2.05) is 42.6 Å². The minimum Gasteiger partial charge on any atom is -0.493 e. The number of aromatic nitrogens is 1. The average molecular weight is 424 g/mol. The van der Waals surface area contributed by atoms with Gasteiger partial charge in [-0.05, 0) is 36.8 Å². The highest BCUT2D eigenvalue weighted by atomic mass is 32.1. The quantitative estimate of drug-likeness (QED) is 0.593. The van der Waals surface area contributed by atoms with Crippen LogP contribution < -0.4 is 14.4 Å². The standard InChI is InChI=1S/C22H20N2O5S/c1-14-13-30-22(23-14)24-11-18-17(21(24)27)6-3-7-19(18)28-9-8-15-4-2-5-16(10-15)29-12-20(25)26/h2-7,10,13H,8-9,11-12H2,1H3,(H,25,26). The summed E-state index contributed by atoms with van der Waals surface area (Å²) >= 11 is 1.45. The lowest BCUT2D eigenvalue weighted by Crippen LogP contribution is -2.22. The fraction of sp³-hybridized carbons (Fsp3) is 0.227. The van der Waals surface area contributed by atoms with Crippen molar-refractivity contribution in [3.63, 3.8) is 0 Å². The number of carboxylic acids is 1. The van der Waals surface area contributed by atoms with Gasteiger partial charge in [0.2, 0.25) is 0 Å². The Bertz CT molecular complexity index is 1090. The van der Waals surface area contributed by atoms with Crippen LogP contribution in [0.2, 0.25) is 0 Å². The Morgan fingerprint density at radius 2 is 2.07 bits per heavy atom. The molecule has 0 saturated carbocycles. The van der Waals surface area contributed by atoms with Gasteiger partial charge in [0.1, 0.15) is 11.5 Å². The van der Waals surface area contributed by atoms with Gasteiger partial charge in [0, 0.05) is 22.9 Å². The van der Waals surface area contributed by atoms with Crippen molar-refractivity contribution in [1.82, 2.24) is 4.98 Å². The first-order valence-electron chi connectivity index (χ1n) is 9.43. The summed E-state index contributed by atoms with van der Waals surface area (Å²) in [5.74, 6) is 0.122. The van der Waals surface area contributed by atoms with E-state index in [1.165, 1.54) is 11.3 Å². The molecule has 2 aromatic carbocycles. The van der Waals surface area contributed by atoms with Crippen molar-refractivity contribution in [2.24, 2.45) is 0 Å². The predicted octanol–water partition coefficient (Wildman–Crippen LogP) is 3.70. The van der Waals surface area contributed by atoms with Crippen LogP contribution in [0.15, 0.2) is 47.8 Å². The molecule has 1 aromatic heterocycles. The number of ether oxygens (including phenoxy) is 2. The van der Waals surface area contributed by atoms with Crippen molar-refractivity contribution in [2.75, 3.05) is 18.1 Å². The van der Waals surface area contributed by atoms with E-state index in [4.69, 9.17) is 14.6 Å². The summed E-state index contributed by atoms with van der Waals surface area (Å²) in [6, 6.07) is 12.8. The average Bonchev–Trinajstić information content (AvgIpc) is 3.31. The molecule has 1 aliphatic heterocycles. The molecule has 0 aliphatic carbocycles. The molecule has 1 N–H and O–H groups in total. The number of hydrogen-bond acceptors (Lipinski definition) is 6. The van der Waals surface area contributed by atoms with Gasteiger partial charge in [-0.15, -0.1) is 11.3 Å². The number of hydrogen-bond donors (Lipinski definition) is 1. The lowest BCUT2D eigenvalue weighted by Gasteiger charge is -2.12. The third kappa shape index (κ3) is 4.28. The van der Waals surface area contributed by atoms with Gasteiger partial charge in [-0.3, -0.25) is 9.69 Å². The number of anilines is 1. The molecular weight excluding hydrogens is 404 g/mol. The van der Waals surface area contributed by atoms with E-state index in [0.29, 0.717) is 41.8 Å². The van der Waals surface area contributed by atoms with Crippen LogP contribution in [0.4, 0.5) is 5.13 Å². The van der Waals surface area contributed by atoms with Gasteiger partial charge < -0.3 is 14.6 Å². The van der Waals surface area contributed by atoms with Crippen LogP contribution >= 0.6 is 11.3 Å². The van der Waals surface area contributed by atoms with Gasteiger partial charge in [-0.25, -0.2) is 9.78 Å². The second kappa shape index (κ2) is 8.54. The summed E-state index contributed by atoms with van der Waals surface area (Å²) in [6.07, 6.45) is 0.622. The topological polar surface area (TPSA) is 89.0 Å². The van der Waals surface area contributed by atoms with E-state index >= 15 is 0 Å². The number of amides is 1. The second-order valence-electron chi connectivity index (χ2n) is 6.87. The summed E-state index contributed by atoms with van der Waals surface area (Å²) in [7, 11) is 0. The molecule has 0 spiro atoms. The monoisotopic (exact) mass is 424 g/mol. The molecule has 7 nitrogen and oxygen atoms in total. The van der Waals surface area contributed by atoms with Crippen molar-refractivity contribution >= 4 is 28.3 Å². The summed E-state index contributed by atoms with van der Waals surface area (Å²) in [6.45, 7) is 2.39. The maximum absolute atomic E-state index is 12.8. The number of carbonyl (C=O) groups is 2. The highest BCUT2D eigenvalue weighted by Gasteiger charge is 2.32. The van der Waals surface area contributed by atoms with Gasteiger partial charge in [-0.2, -0.15) is 0 Å². The Kier molecular flexibility index (Phi) is 5.67. The molecule has 4 rings (SSSR count). The number of fused-ring (bicyclic) bond motifs is 1. The molecule has 0 unspecified atom stereocenters. The molecule has 3 aromatic rings. The first kappa shape index (κ1) is 19.9. The highest BCUT2D eigenvalue weighted by molar-refractivity contribution is 7.14. The maximum Gasteiger partial charge on any atom is 0.341 e. The third-order valence-corrected chi connectivity index (χ3v) is 5.65. The lowest BCUT2D eigenvalue weighted by atomic mass is 10.1. The van der Waals surface area contributed by atoms with Gasteiger partial charge in [0.05, 0.1) is 18.8 Å². The second-order valence-corrected chi connectivity index (χ2v) is 7.71. The molecule has 1 aliphatic rings. The molecule has 0 fully saturated rings. The predicted molar refractivity (Wildman–Crippen MR) is 113 cm³/mol. The zero-order chi connectivity index (χ0) is 21.1. The van der Waals surface area contributed by atoms with E-state index in [9.17, 15) is 9.59 Å². The highest BCUT2D eigenvalue weighted by Crippen LogP contribution is 2.35. The molecule has 0 radical (unpaired) electrons. The fourth-order valence-corrected chi connectivity index (χ4v) is 4.07. The molecule has 2 heterocycles. The zero-order valence-electron chi connectivity index (χ0n) is 16.3. The van der Waals surface area contributed by atoms with E-state index in [-0.39, 0.29) is 12.5 Å². The van der Waals surface area contributed by atoms with Crippen LogP contribution in [0.25, 0.3) is 0 Å². The number of carbonyl (C=O) groups excluding carboxylic acids is 1. The Labute approximate surface area is 177 Å². The van der Waals surface area contributed by atoms with Crippen molar-refractivity contribution in [3.8, 4) is 11.5 Å². The number of benzene rings is 2. The van der Waals surface area contributed by atoms with Crippen molar-refractivity contribution in [2.45, 2.75) is 19.9 Å². The molecule has 154 valence electrons. The molecule has 30 heavy (non-hydrogen) atoms. The third-order valence-electron chi connectivity index (χ3n) is 4.67. The lowest BCUT2D eigenvalue weighted by molar-refractivity contribution is -0.139. The SMILES string of the molecule is Cc1csc(N2Cc3c(OCCc4cccc(OCC(=O)O)c4)cccc3C2=O)n1. The van der Waals surface area contributed by atoms with Gasteiger partial charge in [0.15, 0.2) is 11.7 Å². The van der Waals surface area contributed by atoms with E-state index in [2.05, 4.69) is 4.98 Å². The summed E-state index contributed by atoms with van der Waals surface area (Å²) in [5.41, 5.74) is 3.38. The summed E-state index contributed by atoms with van der Waals surface area (Å²) < 4.78 is 11.2. The first-order chi connectivity index (χ1) is 14.5. The van der Waals surface area contributed by atoms with Crippen molar-refractivity contribution in [1.29, 1.82) is 0 Å². The molecule has 0 saturated heterocycles. The minimum absolute atomic E-state index is 0.0620. The number of aliphatic carboxylic acids is 1. The molecular formula is C22H20N2O5S. The summed E-state index contributed by atoms with van der Waals surface area (Å²) in [4.78, 5) is 29.5. The maximum atomic E-state index is 12.8. The Morgan fingerprint density at radius 1 is 1.23 bits per heavy atom. The Morgan fingerprint density at radius 3 is 2.83 bits per heavy atom. The number of carboxylic acid groups (broad SMARTS) is 1. The number of nitrogens with zero attached hydrogens (tertiary/aromatic N) is 2. The van der Waals surface area contributed by atoms with Crippen LogP contribution in [0.1, 0.15) is 27.2 Å². The fourth-order valence-electron chi connectivity index (χ4n) is 3.27. The van der Waals surface area contributed by atoms with Crippen LogP contribution in [0, 0.1) is 6.92 Å². The number of aryl methyl sites for hydroxylation is 1. The number of thiazole rings is 1. The van der Waals surface area contributed by atoms with Gasteiger partial charge in [0.25, 0.3) is 5.91 Å². The number of rotatable bonds is 8. The van der Waals surface area contributed by atoms with Crippen LogP contribution in [-0.2, 0) is 17.8 Å². The molecule has 0 atom stereocenters. The first-order valence-corrected chi connectivity index (χ1v) is 10.3. The van der Waals surface area contributed by atoms with Gasteiger partial charge in [-0.1, -0.05) is 18.2 Å². The summed E-state index contributed by atoms with van der Waals surface area (Å²) in [5, 5.41) is 11.3. The van der Waals surface area contributed by atoms with Crippen LogP contribution in [0.5, 0.6) is 11.5 Å². The Hall–Kier alpha value is -3.39. The normalized spacial score (nSPS) is 12.7. The van der Waals surface area contributed by atoms with E-state index in [1.54, 1.807) is 17.0 Å². The largest absolute Gasteiger partial charge is 0.493 e. The van der Waals surface area contributed by atoms with Crippen molar-refractivity contribution in [3.05, 3.63) is 70.2 Å². The minimum atomic E-state index is -1.02. The van der Waals surface area contributed by atoms with Crippen LogP contribution in [0.3, 0.4) is 0 Å². The van der Waals surface area contributed by atoms with Crippen LogP contribution in [-0.4, -0.2) is 35.2 Å². The Balaban J connectivity index is 1.41. The van der Waals surface area contributed by atoms with Crippen molar-refractivity contribution < 1.29 is 24.2 Å². The molecule has 0 bridgehead atoms. The smallest absolute Gasteiger partial charge is 0.341 e. The molecule has 1 amide bonds. The van der Waals surface area contributed by atoms with Gasteiger partial charge >= 0.3 is 5.97 Å². The van der Waals surface area contributed by atoms with E-state index < -0.39 is 5.97 Å².